The van der Waals surface area contributed by atoms with E-state index in [1.54, 1.807) is 26.0 Å². The second-order valence-electron chi connectivity index (χ2n) is 6.20. The van der Waals surface area contributed by atoms with Crippen LogP contribution in [-0.2, 0) is 4.79 Å². The molecule has 1 saturated heterocycles. The number of halogens is 1. The van der Waals surface area contributed by atoms with Gasteiger partial charge in [0.15, 0.2) is 0 Å². The number of hydrogen-bond donors (Lipinski definition) is 1. The van der Waals surface area contributed by atoms with Gasteiger partial charge in [-0.25, -0.2) is 14.1 Å². The van der Waals surface area contributed by atoms with E-state index in [0.29, 0.717) is 30.9 Å². The Kier molecular flexibility index (Phi) is 4.52. The van der Waals surface area contributed by atoms with E-state index in [1.807, 2.05) is 0 Å². The minimum absolute atomic E-state index is 0.0136. The van der Waals surface area contributed by atoms with E-state index in [4.69, 9.17) is 0 Å². The third-order valence-electron chi connectivity index (χ3n) is 4.60. The van der Waals surface area contributed by atoms with Crippen LogP contribution in [0.25, 0.3) is 5.69 Å². The van der Waals surface area contributed by atoms with Gasteiger partial charge in [-0.3, -0.25) is 9.59 Å². The molecule has 3 rings (SSSR count). The van der Waals surface area contributed by atoms with Crippen molar-refractivity contribution in [1.29, 1.82) is 0 Å². The Morgan fingerprint density at radius 2 is 1.96 bits per heavy atom. The largest absolute Gasteiger partial charge is 0.481 e. The maximum absolute atomic E-state index is 13.1. The summed E-state index contributed by atoms with van der Waals surface area (Å²) in [7, 11) is 0. The SMILES string of the molecule is Cc1nc(C(=O)N2CCC[C@@H](C(=O)O)[C@H]2C)nn1-c1ccc(F)cc1. The number of likely N-dealkylation sites (tertiary alicyclic amines) is 1. The van der Waals surface area contributed by atoms with Crippen LogP contribution in [0.5, 0.6) is 0 Å². The Hall–Kier alpha value is -2.77. The summed E-state index contributed by atoms with van der Waals surface area (Å²) in [5.74, 6) is -1.72. The van der Waals surface area contributed by atoms with Gasteiger partial charge in [0.2, 0.25) is 5.82 Å². The van der Waals surface area contributed by atoms with Crippen LogP contribution in [-0.4, -0.2) is 49.2 Å². The van der Waals surface area contributed by atoms with E-state index in [0.717, 1.165) is 0 Å². The highest BCUT2D eigenvalue weighted by molar-refractivity contribution is 5.91. The first-order valence-corrected chi connectivity index (χ1v) is 8.12. The maximum Gasteiger partial charge on any atom is 0.308 e. The highest BCUT2D eigenvalue weighted by atomic mass is 19.1. The van der Waals surface area contributed by atoms with Gasteiger partial charge in [0.05, 0.1) is 11.6 Å². The molecule has 1 aliphatic rings. The zero-order valence-corrected chi connectivity index (χ0v) is 14.0. The molecule has 1 N–H and O–H groups in total. The van der Waals surface area contributed by atoms with Crippen LogP contribution in [0.15, 0.2) is 24.3 Å². The number of rotatable bonds is 3. The van der Waals surface area contributed by atoms with Crippen molar-refractivity contribution in [3.63, 3.8) is 0 Å². The van der Waals surface area contributed by atoms with Gasteiger partial charge in [0.1, 0.15) is 11.6 Å². The van der Waals surface area contributed by atoms with Crippen LogP contribution in [0.2, 0.25) is 0 Å². The average molecular weight is 346 g/mol. The van der Waals surface area contributed by atoms with E-state index in [9.17, 15) is 19.1 Å². The molecule has 0 aliphatic carbocycles. The number of aliphatic carboxylic acids is 1. The number of amides is 1. The Morgan fingerprint density at radius 1 is 1.28 bits per heavy atom. The van der Waals surface area contributed by atoms with Gasteiger partial charge in [-0.1, -0.05) is 0 Å². The lowest BCUT2D eigenvalue weighted by atomic mass is 9.90. The van der Waals surface area contributed by atoms with Gasteiger partial charge in [-0.05, 0) is 51.0 Å². The lowest BCUT2D eigenvalue weighted by Crippen LogP contribution is -2.49. The molecule has 8 heteroatoms. The summed E-state index contributed by atoms with van der Waals surface area (Å²) < 4.78 is 14.5. The summed E-state index contributed by atoms with van der Waals surface area (Å²) in [5, 5.41) is 13.5. The molecule has 0 unspecified atom stereocenters. The number of carbonyl (C=O) groups excluding carboxylic acids is 1. The number of nitrogens with zero attached hydrogens (tertiary/aromatic N) is 4. The van der Waals surface area contributed by atoms with Gasteiger partial charge in [-0.2, -0.15) is 0 Å². The molecule has 1 amide bonds. The first kappa shape index (κ1) is 17.1. The summed E-state index contributed by atoms with van der Waals surface area (Å²) in [6.45, 7) is 3.92. The first-order valence-electron chi connectivity index (χ1n) is 8.12. The Balaban J connectivity index is 1.87. The number of carboxylic acid groups (broad SMARTS) is 1. The lowest BCUT2D eigenvalue weighted by molar-refractivity contribution is -0.145. The summed E-state index contributed by atoms with van der Waals surface area (Å²) >= 11 is 0. The van der Waals surface area contributed by atoms with Crippen LogP contribution in [0.3, 0.4) is 0 Å². The third kappa shape index (κ3) is 3.24. The van der Waals surface area contributed by atoms with Crippen molar-refractivity contribution in [1.82, 2.24) is 19.7 Å². The zero-order chi connectivity index (χ0) is 18.1. The highest BCUT2D eigenvalue weighted by Gasteiger charge is 2.37. The molecular formula is C17H19FN4O3. The number of carbonyl (C=O) groups is 2. The zero-order valence-electron chi connectivity index (χ0n) is 14.0. The van der Waals surface area contributed by atoms with Crippen molar-refractivity contribution in [3.8, 4) is 5.69 Å². The Morgan fingerprint density at radius 3 is 2.60 bits per heavy atom. The molecule has 0 saturated carbocycles. The first-order chi connectivity index (χ1) is 11.9. The highest BCUT2D eigenvalue weighted by Crippen LogP contribution is 2.25. The minimum Gasteiger partial charge on any atom is -0.481 e. The van der Waals surface area contributed by atoms with Crippen LogP contribution >= 0.6 is 0 Å². The number of hydrogen-bond acceptors (Lipinski definition) is 4. The number of benzene rings is 1. The topological polar surface area (TPSA) is 88.3 Å². The average Bonchev–Trinajstić information content (AvgIpc) is 2.97. The number of aromatic nitrogens is 3. The molecule has 1 fully saturated rings. The van der Waals surface area contributed by atoms with Crippen molar-refractivity contribution in [2.75, 3.05) is 6.54 Å². The summed E-state index contributed by atoms with van der Waals surface area (Å²) in [6.07, 6.45) is 1.18. The Bertz CT molecular complexity index is 803. The molecule has 2 atom stereocenters. The molecule has 1 aliphatic heterocycles. The fourth-order valence-corrected chi connectivity index (χ4v) is 3.20. The second kappa shape index (κ2) is 6.62. The summed E-state index contributed by atoms with van der Waals surface area (Å²) in [6, 6.07) is 5.30. The molecular weight excluding hydrogens is 327 g/mol. The van der Waals surface area contributed by atoms with Crippen molar-refractivity contribution >= 4 is 11.9 Å². The van der Waals surface area contributed by atoms with Crippen LogP contribution in [0.1, 0.15) is 36.2 Å². The third-order valence-corrected chi connectivity index (χ3v) is 4.60. The predicted molar refractivity (Wildman–Crippen MR) is 86.9 cm³/mol. The number of aryl methyl sites for hydroxylation is 1. The van der Waals surface area contributed by atoms with Gasteiger partial charge < -0.3 is 10.0 Å². The molecule has 0 bridgehead atoms. The molecule has 2 aromatic rings. The fourth-order valence-electron chi connectivity index (χ4n) is 3.20. The van der Waals surface area contributed by atoms with E-state index < -0.39 is 17.9 Å². The van der Waals surface area contributed by atoms with E-state index in [1.165, 1.54) is 21.7 Å². The molecule has 1 aromatic heterocycles. The molecule has 25 heavy (non-hydrogen) atoms. The number of piperidine rings is 1. The lowest BCUT2D eigenvalue weighted by Gasteiger charge is -2.36. The predicted octanol–water partition coefficient (Wildman–Crippen LogP) is 2.04. The Labute approximate surface area is 144 Å². The molecule has 0 spiro atoms. The summed E-state index contributed by atoms with van der Waals surface area (Å²) in [4.78, 5) is 29.8. The molecule has 1 aromatic carbocycles. The second-order valence-corrected chi connectivity index (χ2v) is 6.20. The van der Waals surface area contributed by atoms with E-state index in [-0.39, 0.29) is 17.5 Å². The van der Waals surface area contributed by atoms with E-state index in [2.05, 4.69) is 10.1 Å². The van der Waals surface area contributed by atoms with Crippen molar-refractivity contribution in [2.24, 2.45) is 5.92 Å². The molecule has 0 radical (unpaired) electrons. The van der Waals surface area contributed by atoms with Crippen LogP contribution in [0, 0.1) is 18.7 Å². The maximum atomic E-state index is 13.1. The van der Waals surface area contributed by atoms with Crippen molar-refractivity contribution < 1.29 is 19.1 Å². The number of carboxylic acids is 1. The van der Waals surface area contributed by atoms with E-state index >= 15 is 0 Å². The van der Waals surface area contributed by atoms with Crippen molar-refractivity contribution in [2.45, 2.75) is 32.7 Å². The van der Waals surface area contributed by atoms with Crippen molar-refractivity contribution in [3.05, 3.63) is 41.7 Å². The molecule has 7 nitrogen and oxygen atoms in total. The minimum atomic E-state index is -0.897. The van der Waals surface area contributed by atoms with Crippen LogP contribution in [0.4, 0.5) is 4.39 Å². The normalized spacial score (nSPS) is 20.5. The fraction of sp³-hybridized carbons (Fsp3) is 0.412. The van der Waals surface area contributed by atoms with Crippen LogP contribution < -0.4 is 0 Å². The molecule has 2 heterocycles. The quantitative estimate of drug-likeness (QED) is 0.919. The molecule has 132 valence electrons. The van der Waals surface area contributed by atoms with Gasteiger partial charge in [-0.15, -0.1) is 5.10 Å². The summed E-state index contributed by atoms with van der Waals surface area (Å²) in [5.41, 5.74) is 0.598. The van der Waals surface area contributed by atoms with Gasteiger partial charge in [0.25, 0.3) is 5.91 Å². The standard InChI is InChI=1S/C17H19FN4O3/c1-10-14(17(24)25)4-3-9-21(10)16(23)15-19-11(2)22(20-15)13-7-5-12(18)6-8-13/h5-8,10,14H,3-4,9H2,1-2H3,(H,24,25)/t10-,14-/m1/s1. The van der Waals surface area contributed by atoms with Gasteiger partial charge in [0, 0.05) is 12.6 Å². The smallest absolute Gasteiger partial charge is 0.308 e. The van der Waals surface area contributed by atoms with Gasteiger partial charge >= 0.3 is 5.97 Å². The monoisotopic (exact) mass is 346 g/mol.